The first-order valence-electron chi connectivity index (χ1n) is 11.4. The van der Waals surface area contributed by atoms with Crippen LogP contribution in [0.4, 0.5) is 11.5 Å². The van der Waals surface area contributed by atoms with E-state index in [1.807, 2.05) is 12.1 Å². The first kappa shape index (κ1) is 23.8. The standard InChI is InChI=1S/C26H28N4O3S/c1-3-33-26(32)19-8-10-21(11-9-19)27-25(31)20-5-4-16-30(17-20)23-14-15-24(29-28-23)34-22-12-6-18(2)7-13-22/h6-15,20H,3-5,16-17H2,1-2H3,(H,27,31)/t20-/m0/s1. The normalized spacial score (nSPS) is 15.6. The van der Waals surface area contributed by atoms with E-state index in [-0.39, 0.29) is 17.8 Å². The van der Waals surface area contributed by atoms with Crippen molar-refractivity contribution >= 4 is 35.1 Å². The highest BCUT2D eigenvalue weighted by molar-refractivity contribution is 7.99. The Bertz CT molecular complexity index is 1120. The Hall–Kier alpha value is -3.39. The number of hydrogen-bond donors (Lipinski definition) is 1. The second kappa shape index (κ2) is 11.2. The summed E-state index contributed by atoms with van der Waals surface area (Å²) in [7, 11) is 0. The van der Waals surface area contributed by atoms with E-state index in [4.69, 9.17) is 4.74 Å². The Labute approximate surface area is 203 Å². The maximum atomic E-state index is 12.9. The van der Waals surface area contributed by atoms with Gasteiger partial charge in [-0.05, 0) is 75.2 Å². The van der Waals surface area contributed by atoms with Crippen LogP contribution >= 0.6 is 11.8 Å². The molecule has 0 bridgehead atoms. The van der Waals surface area contributed by atoms with E-state index in [0.717, 1.165) is 35.1 Å². The fourth-order valence-electron chi connectivity index (χ4n) is 3.81. The van der Waals surface area contributed by atoms with Crippen molar-refractivity contribution in [3.05, 3.63) is 71.8 Å². The second-order valence-electron chi connectivity index (χ2n) is 8.22. The van der Waals surface area contributed by atoms with E-state index in [2.05, 4.69) is 51.6 Å². The van der Waals surface area contributed by atoms with Crippen LogP contribution < -0.4 is 10.2 Å². The first-order chi connectivity index (χ1) is 16.5. The number of nitrogens with one attached hydrogen (secondary N) is 1. The van der Waals surface area contributed by atoms with Crippen LogP contribution in [-0.4, -0.2) is 41.8 Å². The second-order valence-corrected chi connectivity index (χ2v) is 9.31. The lowest BCUT2D eigenvalue weighted by molar-refractivity contribution is -0.120. The average Bonchev–Trinajstić information content (AvgIpc) is 2.86. The zero-order valence-electron chi connectivity index (χ0n) is 19.4. The molecule has 1 amide bonds. The lowest BCUT2D eigenvalue weighted by atomic mass is 9.97. The molecule has 1 saturated heterocycles. The van der Waals surface area contributed by atoms with Gasteiger partial charge in [-0.15, -0.1) is 10.2 Å². The van der Waals surface area contributed by atoms with Gasteiger partial charge in [0.2, 0.25) is 5.91 Å². The van der Waals surface area contributed by atoms with Crippen LogP contribution in [0.2, 0.25) is 0 Å². The molecule has 1 aliphatic heterocycles. The smallest absolute Gasteiger partial charge is 0.338 e. The number of rotatable bonds is 7. The number of aryl methyl sites for hydroxylation is 1. The van der Waals surface area contributed by atoms with Gasteiger partial charge >= 0.3 is 5.97 Å². The van der Waals surface area contributed by atoms with Crippen LogP contribution in [0, 0.1) is 12.8 Å². The van der Waals surface area contributed by atoms with E-state index in [9.17, 15) is 9.59 Å². The molecular weight excluding hydrogens is 448 g/mol. The number of ether oxygens (including phenoxy) is 1. The summed E-state index contributed by atoms with van der Waals surface area (Å²) in [6.07, 6.45) is 1.72. The lowest BCUT2D eigenvalue weighted by Gasteiger charge is -2.32. The van der Waals surface area contributed by atoms with Gasteiger partial charge in [0.25, 0.3) is 0 Å². The number of hydrogen-bond acceptors (Lipinski definition) is 7. The number of carbonyl (C=O) groups is 2. The maximum Gasteiger partial charge on any atom is 0.338 e. The zero-order valence-corrected chi connectivity index (χ0v) is 20.2. The number of piperidine rings is 1. The van der Waals surface area contributed by atoms with Gasteiger partial charge < -0.3 is 15.0 Å². The summed E-state index contributed by atoms with van der Waals surface area (Å²) in [4.78, 5) is 27.9. The molecule has 1 N–H and O–H groups in total. The van der Waals surface area contributed by atoms with Crippen molar-refractivity contribution in [2.24, 2.45) is 5.92 Å². The molecule has 7 nitrogen and oxygen atoms in total. The number of anilines is 2. The SMILES string of the molecule is CCOC(=O)c1ccc(NC(=O)[C@H]2CCCN(c3ccc(Sc4ccc(C)cc4)nn3)C2)cc1. The van der Waals surface area contributed by atoms with Crippen molar-refractivity contribution in [3.63, 3.8) is 0 Å². The largest absolute Gasteiger partial charge is 0.462 e. The Morgan fingerprint density at radius 2 is 1.82 bits per heavy atom. The molecule has 3 aromatic rings. The third-order valence-electron chi connectivity index (χ3n) is 5.65. The molecule has 0 radical (unpaired) electrons. The lowest BCUT2D eigenvalue weighted by Crippen LogP contribution is -2.41. The Kier molecular flexibility index (Phi) is 7.80. The van der Waals surface area contributed by atoms with Gasteiger partial charge in [0.05, 0.1) is 18.1 Å². The van der Waals surface area contributed by atoms with Crippen molar-refractivity contribution in [2.45, 2.75) is 36.6 Å². The van der Waals surface area contributed by atoms with Crippen LogP contribution in [0.15, 0.2) is 70.6 Å². The Balaban J connectivity index is 1.34. The minimum absolute atomic E-state index is 0.0342. The highest BCUT2D eigenvalue weighted by Crippen LogP contribution is 2.28. The molecule has 1 atom stereocenters. The summed E-state index contributed by atoms with van der Waals surface area (Å²) in [5.74, 6) is 0.229. The molecule has 0 unspecified atom stereocenters. The number of carbonyl (C=O) groups excluding carboxylic acids is 2. The third-order valence-corrected chi connectivity index (χ3v) is 6.58. The number of amides is 1. The van der Waals surface area contributed by atoms with Crippen molar-refractivity contribution < 1.29 is 14.3 Å². The van der Waals surface area contributed by atoms with Crippen LogP contribution in [0.3, 0.4) is 0 Å². The monoisotopic (exact) mass is 476 g/mol. The van der Waals surface area contributed by atoms with Crippen molar-refractivity contribution in [1.29, 1.82) is 0 Å². The molecule has 34 heavy (non-hydrogen) atoms. The maximum absolute atomic E-state index is 12.9. The predicted octanol–water partition coefficient (Wildman–Crippen LogP) is 4.97. The van der Waals surface area contributed by atoms with Gasteiger partial charge in [-0.3, -0.25) is 4.79 Å². The van der Waals surface area contributed by atoms with Gasteiger partial charge in [-0.25, -0.2) is 4.79 Å². The molecule has 0 spiro atoms. The van der Waals surface area contributed by atoms with Gasteiger partial charge in [-0.2, -0.15) is 0 Å². The topological polar surface area (TPSA) is 84.4 Å². The fourth-order valence-corrected chi connectivity index (χ4v) is 4.54. The van der Waals surface area contributed by atoms with Crippen molar-refractivity contribution in [1.82, 2.24) is 10.2 Å². The molecule has 0 aliphatic carbocycles. The van der Waals surface area contributed by atoms with Gasteiger partial charge in [-0.1, -0.05) is 29.5 Å². The predicted molar refractivity (Wildman–Crippen MR) is 133 cm³/mol. The molecule has 0 saturated carbocycles. The minimum atomic E-state index is -0.368. The van der Waals surface area contributed by atoms with Crippen LogP contribution in [0.25, 0.3) is 0 Å². The number of benzene rings is 2. The van der Waals surface area contributed by atoms with E-state index in [0.29, 0.717) is 24.4 Å². The van der Waals surface area contributed by atoms with Crippen molar-refractivity contribution in [3.8, 4) is 0 Å². The first-order valence-corrected chi connectivity index (χ1v) is 12.2. The third kappa shape index (κ3) is 6.14. The quantitative estimate of drug-likeness (QED) is 0.482. The number of esters is 1. The number of aromatic nitrogens is 2. The van der Waals surface area contributed by atoms with E-state index >= 15 is 0 Å². The summed E-state index contributed by atoms with van der Waals surface area (Å²) in [6, 6.07) is 19.0. The van der Waals surface area contributed by atoms with Crippen molar-refractivity contribution in [2.75, 3.05) is 29.9 Å². The molecular formula is C26H28N4O3S. The summed E-state index contributed by atoms with van der Waals surface area (Å²) < 4.78 is 4.99. The molecule has 1 aliphatic rings. The molecule has 4 rings (SSSR count). The number of nitrogens with zero attached hydrogens (tertiary/aromatic N) is 3. The summed E-state index contributed by atoms with van der Waals surface area (Å²) >= 11 is 1.58. The van der Waals surface area contributed by atoms with Gasteiger partial charge in [0.15, 0.2) is 5.82 Å². The summed E-state index contributed by atoms with van der Waals surface area (Å²) in [5.41, 5.74) is 2.35. The summed E-state index contributed by atoms with van der Waals surface area (Å²) in [5, 5.41) is 12.6. The van der Waals surface area contributed by atoms with E-state index in [1.165, 1.54) is 5.56 Å². The highest BCUT2D eigenvalue weighted by atomic mass is 32.2. The van der Waals surface area contributed by atoms with Crippen LogP contribution in [0.5, 0.6) is 0 Å². The fraction of sp³-hybridized carbons (Fsp3) is 0.308. The Morgan fingerprint density at radius 1 is 1.06 bits per heavy atom. The molecule has 2 heterocycles. The zero-order chi connectivity index (χ0) is 23.9. The van der Waals surface area contributed by atoms with Crippen LogP contribution in [0.1, 0.15) is 35.7 Å². The molecule has 1 fully saturated rings. The van der Waals surface area contributed by atoms with E-state index in [1.54, 1.807) is 43.0 Å². The molecule has 176 valence electrons. The van der Waals surface area contributed by atoms with Gasteiger partial charge in [0, 0.05) is 23.7 Å². The molecule has 2 aromatic carbocycles. The molecule has 1 aromatic heterocycles. The minimum Gasteiger partial charge on any atom is -0.462 e. The summed E-state index contributed by atoms with van der Waals surface area (Å²) in [6.45, 7) is 5.60. The Morgan fingerprint density at radius 3 is 2.50 bits per heavy atom. The molecule has 8 heteroatoms. The average molecular weight is 477 g/mol. The van der Waals surface area contributed by atoms with E-state index < -0.39 is 0 Å². The highest BCUT2D eigenvalue weighted by Gasteiger charge is 2.27. The van der Waals surface area contributed by atoms with Crippen LogP contribution in [-0.2, 0) is 9.53 Å². The van der Waals surface area contributed by atoms with Gasteiger partial charge in [0.1, 0.15) is 5.03 Å².